The first kappa shape index (κ1) is 15.1. The Morgan fingerprint density at radius 2 is 2.22 bits per heavy atom. The number of carbonyl (C=O) groups excluding carboxylic acids is 1. The number of nitrogens with zero attached hydrogens (tertiary/aromatic N) is 2. The molecule has 102 valence electrons. The van der Waals surface area contributed by atoms with E-state index >= 15 is 0 Å². The Hall–Kier alpha value is -0.980. The van der Waals surface area contributed by atoms with Gasteiger partial charge in [-0.1, -0.05) is 13.8 Å². The van der Waals surface area contributed by atoms with E-state index in [1.807, 2.05) is 13.8 Å². The van der Waals surface area contributed by atoms with Crippen molar-refractivity contribution in [1.29, 1.82) is 0 Å². The molecule has 0 aliphatic carbocycles. The minimum absolute atomic E-state index is 0.0316. The summed E-state index contributed by atoms with van der Waals surface area (Å²) in [5.74, 6) is -0.117. The van der Waals surface area contributed by atoms with Crippen molar-refractivity contribution in [2.75, 3.05) is 13.2 Å². The number of carbonyl (C=O) groups is 1. The lowest BCUT2D eigenvalue weighted by atomic mass is 10.1. The summed E-state index contributed by atoms with van der Waals surface area (Å²) in [6, 6.07) is 0.146. The highest BCUT2D eigenvalue weighted by atomic mass is 32.1. The number of nitrogens with two attached hydrogens (primary N) is 1. The topological polar surface area (TPSA) is 79.5 Å². The zero-order valence-corrected chi connectivity index (χ0v) is 11.7. The fourth-order valence-electron chi connectivity index (χ4n) is 1.94. The number of aliphatic hydroxyl groups excluding tert-OH is 1. The average Bonchev–Trinajstić information content (AvgIpc) is 2.87. The van der Waals surface area contributed by atoms with Crippen molar-refractivity contribution in [1.82, 2.24) is 9.88 Å². The fraction of sp³-hybridized carbons (Fsp3) is 0.667. The number of hydrogen-bond donors (Lipinski definition) is 2. The van der Waals surface area contributed by atoms with Crippen molar-refractivity contribution < 1.29 is 9.90 Å². The first-order chi connectivity index (χ1) is 8.67. The van der Waals surface area contributed by atoms with E-state index in [1.54, 1.807) is 10.3 Å². The molecule has 1 aromatic rings. The largest absolute Gasteiger partial charge is 0.395 e. The Kier molecular flexibility index (Phi) is 6.24. The second-order valence-electron chi connectivity index (χ2n) is 4.02. The van der Waals surface area contributed by atoms with Gasteiger partial charge >= 0.3 is 0 Å². The van der Waals surface area contributed by atoms with Gasteiger partial charge in [0.15, 0.2) is 0 Å². The van der Waals surface area contributed by atoms with Crippen LogP contribution in [0.15, 0.2) is 5.38 Å². The molecule has 5 nitrogen and oxygen atoms in total. The van der Waals surface area contributed by atoms with Gasteiger partial charge in [0.25, 0.3) is 5.91 Å². The number of rotatable bonds is 7. The molecule has 1 heterocycles. The summed E-state index contributed by atoms with van der Waals surface area (Å²) in [5, 5.41) is 11.6. The third-order valence-electron chi connectivity index (χ3n) is 2.93. The molecule has 0 atom stereocenters. The molecule has 0 aliphatic rings. The lowest BCUT2D eigenvalue weighted by molar-refractivity contribution is 0.0617. The zero-order chi connectivity index (χ0) is 13.5. The minimum Gasteiger partial charge on any atom is -0.395 e. The van der Waals surface area contributed by atoms with Gasteiger partial charge in [-0.2, -0.15) is 0 Å². The highest BCUT2D eigenvalue weighted by Crippen LogP contribution is 2.15. The van der Waals surface area contributed by atoms with Crippen molar-refractivity contribution in [3.8, 4) is 0 Å². The number of hydrogen-bond acceptors (Lipinski definition) is 5. The highest BCUT2D eigenvalue weighted by Gasteiger charge is 2.23. The number of amides is 1. The molecule has 0 fully saturated rings. The van der Waals surface area contributed by atoms with Gasteiger partial charge in [-0.25, -0.2) is 4.98 Å². The molecule has 18 heavy (non-hydrogen) atoms. The van der Waals surface area contributed by atoms with Crippen LogP contribution < -0.4 is 5.73 Å². The lowest BCUT2D eigenvalue weighted by Crippen LogP contribution is -2.41. The fourth-order valence-corrected chi connectivity index (χ4v) is 2.59. The minimum atomic E-state index is -0.117. The molecule has 1 rings (SSSR count). The molecule has 0 aliphatic heterocycles. The Morgan fingerprint density at radius 1 is 1.56 bits per heavy atom. The number of thiazole rings is 1. The quantitative estimate of drug-likeness (QED) is 0.781. The molecule has 0 spiro atoms. The molecule has 0 bridgehead atoms. The molecular weight excluding hydrogens is 250 g/mol. The van der Waals surface area contributed by atoms with E-state index in [2.05, 4.69) is 4.98 Å². The van der Waals surface area contributed by atoms with E-state index < -0.39 is 0 Å². The van der Waals surface area contributed by atoms with Gasteiger partial charge in [0, 0.05) is 24.5 Å². The van der Waals surface area contributed by atoms with Crippen LogP contribution in [-0.2, 0) is 6.54 Å². The van der Waals surface area contributed by atoms with Crippen LogP contribution in [0.1, 0.15) is 42.2 Å². The van der Waals surface area contributed by atoms with Crippen LogP contribution >= 0.6 is 11.3 Å². The first-order valence-corrected chi connectivity index (χ1v) is 7.12. The predicted molar refractivity (Wildman–Crippen MR) is 72.5 cm³/mol. The third-order valence-corrected chi connectivity index (χ3v) is 3.80. The summed E-state index contributed by atoms with van der Waals surface area (Å²) >= 11 is 1.39. The third kappa shape index (κ3) is 3.51. The van der Waals surface area contributed by atoms with Gasteiger partial charge in [-0.3, -0.25) is 4.79 Å². The molecule has 0 radical (unpaired) electrons. The van der Waals surface area contributed by atoms with Crippen LogP contribution in [-0.4, -0.2) is 40.1 Å². The molecule has 1 amide bonds. The zero-order valence-electron chi connectivity index (χ0n) is 10.9. The summed E-state index contributed by atoms with van der Waals surface area (Å²) in [4.78, 5) is 18.2. The van der Waals surface area contributed by atoms with Crippen molar-refractivity contribution in [2.45, 2.75) is 39.3 Å². The van der Waals surface area contributed by atoms with Crippen LogP contribution in [0, 0.1) is 0 Å². The molecule has 0 saturated carbocycles. The summed E-state index contributed by atoms with van der Waals surface area (Å²) in [6.07, 6.45) is 1.74. The summed E-state index contributed by atoms with van der Waals surface area (Å²) < 4.78 is 0. The first-order valence-electron chi connectivity index (χ1n) is 6.24. The molecule has 6 heteroatoms. The molecule has 0 saturated heterocycles. The highest BCUT2D eigenvalue weighted by molar-refractivity contribution is 7.09. The maximum absolute atomic E-state index is 12.3. The van der Waals surface area contributed by atoms with E-state index in [4.69, 9.17) is 10.8 Å². The maximum Gasteiger partial charge on any atom is 0.273 e. The Balaban J connectivity index is 2.87. The second kappa shape index (κ2) is 7.45. The van der Waals surface area contributed by atoms with Gasteiger partial charge in [-0.05, 0) is 12.8 Å². The average molecular weight is 271 g/mol. The SMILES string of the molecule is CCC(CC)N(CCO)C(=O)c1csc(CN)n1. The molecule has 0 aromatic carbocycles. The Labute approximate surface area is 112 Å². The van der Waals surface area contributed by atoms with Gasteiger partial charge in [0.05, 0.1) is 6.61 Å². The normalized spacial score (nSPS) is 10.9. The van der Waals surface area contributed by atoms with E-state index in [0.717, 1.165) is 17.8 Å². The summed E-state index contributed by atoms with van der Waals surface area (Å²) in [6.45, 7) is 4.75. The number of aliphatic hydroxyl groups is 1. The molecule has 0 unspecified atom stereocenters. The van der Waals surface area contributed by atoms with Gasteiger partial charge in [0.1, 0.15) is 10.7 Å². The summed E-state index contributed by atoms with van der Waals surface area (Å²) in [7, 11) is 0. The van der Waals surface area contributed by atoms with Crippen molar-refractivity contribution in [3.05, 3.63) is 16.1 Å². The van der Waals surface area contributed by atoms with E-state index in [0.29, 0.717) is 18.8 Å². The van der Waals surface area contributed by atoms with Gasteiger partial charge < -0.3 is 15.7 Å². The number of aromatic nitrogens is 1. The van der Waals surface area contributed by atoms with Crippen molar-refractivity contribution >= 4 is 17.2 Å². The van der Waals surface area contributed by atoms with Crippen LogP contribution in [0.2, 0.25) is 0 Å². The molecule has 3 N–H and O–H groups in total. The van der Waals surface area contributed by atoms with Gasteiger partial charge in [-0.15, -0.1) is 11.3 Å². The van der Waals surface area contributed by atoms with E-state index in [9.17, 15) is 4.79 Å². The van der Waals surface area contributed by atoms with Crippen molar-refractivity contribution in [2.24, 2.45) is 5.73 Å². The van der Waals surface area contributed by atoms with Crippen molar-refractivity contribution in [3.63, 3.8) is 0 Å². The standard InChI is InChI=1S/C12H21N3O2S/c1-3-9(4-2)15(5-6-16)12(17)10-8-18-11(7-13)14-10/h8-9,16H,3-7,13H2,1-2H3. The van der Waals surface area contributed by atoms with E-state index in [-0.39, 0.29) is 18.6 Å². The van der Waals surface area contributed by atoms with Crippen LogP contribution in [0.25, 0.3) is 0 Å². The summed E-state index contributed by atoms with van der Waals surface area (Å²) in [5.41, 5.74) is 5.92. The van der Waals surface area contributed by atoms with Crippen LogP contribution in [0.5, 0.6) is 0 Å². The predicted octanol–water partition coefficient (Wildman–Crippen LogP) is 1.22. The molecule has 1 aromatic heterocycles. The van der Waals surface area contributed by atoms with Crippen LogP contribution in [0.4, 0.5) is 0 Å². The second-order valence-corrected chi connectivity index (χ2v) is 4.97. The molecular formula is C12H21N3O2S. The monoisotopic (exact) mass is 271 g/mol. The maximum atomic E-state index is 12.3. The van der Waals surface area contributed by atoms with E-state index in [1.165, 1.54) is 11.3 Å². The Morgan fingerprint density at radius 3 is 2.67 bits per heavy atom. The van der Waals surface area contributed by atoms with Crippen LogP contribution in [0.3, 0.4) is 0 Å². The lowest BCUT2D eigenvalue weighted by Gasteiger charge is -2.29. The Bertz CT molecular complexity index is 377. The van der Waals surface area contributed by atoms with Gasteiger partial charge in [0.2, 0.25) is 0 Å². The smallest absolute Gasteiger partial charge is 0.273 e.